The van der Waals surface area contributed by atoms with E-state index in [1.807, 2.05) is 14.1 Å². The summed E-state index contributed by atoms with van der Waals surface area (Å²) in [4.78, 5) is 11.6. The first-order chi connectivity index (χ1) is 12.5. The second-order valence-electron chi connectivity index (χ2n) is 8.41. The van der Waals surface area contributed by atoms with Gasteiger partial charge in [-0.05, 0) is 38.8 Å². The highest BCUT2D eigenvalue weighted by Crippen LogP contribution is 2.16. The van der Waals surface area contributed by atoms with E-state index >= 15 is 0 Å². The van der Waals surface area contributed by atoms with Crippen LogP contribution in [0.5, 0.6) is 0 Å². The molecule has 0 saturated heterocycles. The van der Waals surface area contributed by atoms with Crippen molar-refractivity contribution < 1.29 is 14.4 Å². The molecule has 0 amide bonds. The summed E-state index contributed by atoms with van der Waals surface area (Å²) in [5.74, 6) is -0.891. The number of quaternary nitrogens is 1. The van der Waals surface area contributed by atoms with Crippen LogP contribution in [0.2, 0.25) is 0 Å². The smallest absolute Gasteiger partial charge is 0.129 e. The van der Waals surface area contributed by atoms with Gasteiger partial charge in [-0.1, -0.05) is 65.2 Å². The highest BCUT2D eigenvalue weighted by Gasteiger charge is 2.28. The average molecular weight is 371 g/mol. The normalized spacial score (nSPS) is 13.1. The number of carbonyl (C=O) groups is 1. The number of unbranched alkanes of at least 4 members (excludes halogenated alkanes) is 9. The lowest BCUT2D eigenvalue weighted by Crippen LogP contribution is -2.57. The Hall–Kier alpha value is -0.610. The molecule has 0 aliphatic heterocycles. The lowest BCUT2D eigenvalue weighted by atomic mass is 10.0. The molecule has 0 aromatic heterocycles. The van der Waals surface area contributed by atoms with Crippen LogP contribution < -0.4 is 10.4 Å². The van der Waals surface area contributed by atoms with E-state index < -0.39 is 12.0 Å². The molecule has 4 heteroatoms. The number of nitrogens with zero attached hydrogens (tertiary/aromatic N) is 1. The van der Waals surface area contributed by atoms with Gasteiger partial charge in [0.15, 0.2) is 0 Å². The summed E-state index contributed by atoms with van der Waals surface area (Å²) in [6.07, 6.45) is 15.9. The Balaban J connectivity index is 3.87. The Morgan fingerprint density at radius 3 is 1.85 bits per heavy atom. The molecule has 1 atom stereocenters. The van der Waals surface area contributed by atoms with Gasteiger partial charge in [-0.15, -0.1) is 0 Å². The minimum absolute atomic E-state index is 0.392. The maximum atomic E-state index is 11.6. The quantitative estimate of drug-likeness (QED) is 0.277. The van der Waals surface area contributed by atoms with Crippen molar-refractivity contribution in [3.05, 3.63) is 0 Å². The Morgan fingerprint density at radius 1 is 0.808 bits per heavy atom. The van der Waals surface area contributed by atoms with Crippen molar-refractivity contribution in [2.45, 2.75) is 103 Å². The van der Waals surface area contributed by atoms with Crippen LogP contribution in [-0.4, -0.2) is 50.2 Å². The van der Waals surface area contributed by atoms with Crippen molar-refractivity contribution in [2.75, 3.05) is 33.7 Å². The number of nitrogens with one attached hydrogen (secondary N) is 1. The maximum Gasteiger partial charge on any atom is 0.129 e. The van der Waals surface area contributed by atoms with Gasteiger partial charge < -0.3 is 19.7 Å². The van der Waals surface area contributed by atoms with E-state index in [4.69, 9.17) is 0 Å². The minimum Gasteiger partial charge on any atom is -0.544 e. The summed E-state index contributed by atoms with van der Waals surface area (Å²) in [5.41, 5.74) is 0. The molecule has 1 N–H and O–H groups in total. The predicted molar refractivity (Wildman–Crippen MR) is 110 cm³/mol. The van der Waals surface area contributed by atoms with Crippen LogP contribution in [0.4, 0.5) is 0 Å². The summed E-state index contributed by atoms with van der Waals surface area (Å²) in [5, 5.41) is 14.9. The highest BCUT2D eigenvalue weighted by molar-refractivity contribution is 5.69. The molecule has 0 bridgehead atoms. The number of carbonyl (C=O) groups excluding carboxylic acids is 1. The third kappa shape index (κ3) is 13.6. The van der Waals surface area contributed by atoms with Gasteiger partial charge in [0.25, 0.3) is 0 Å². The number of aliphatic carboxylic acids is 1. The van der Waals surface area contributed by atoms with Gasteiger partial charge in [-0.3, -0.25) is 0 Å². The van der Waals surface area contributed by atoms with Crippen LogP contribution in [0.15, 0.2) is 0 Å². The number of hydrogen-bond acceptors (Lipinski definition) is 3. The molecule has 0 heterocycles. The maximum absolute atomic E-state index is 11.6. The lowest BCUT2D eigenvalue weighted by molar-refractivity contribution is -0.909. The Labute approximate surface area is 163 Å². The van der Waals surface area contributed by atoms with Crippen molar-refractivity contribution in [3.63, 3.8) is 0 Å². The van der Waals surface area contributed by atoms with Gasteiger partial charge in [-0.2, -0.15) is 0 Å². The topological polar surface area (TPSA) is 52.2 Å². The molecule has 156 valence electrons. The van der Waals surface area contributed by atoms with Crippen LogP contribution in [0, 0.1) is 0 Å². The molecule has 1 unspecified atom stereocenters. The second kappa shape index (κ2) is 16.6. The van der Waals surface area contributed by atoms with Gasteiger partial charge in [0, 0.05) is 6.42 Å². The fourth-order valence-electron chi connectivity index (χ4n) is 3.64. The standard InChI is InChI=1S/C22H46N2O2/c1-5-7-8-9-10-11-12-13-14-15-20-24(3,4)21(22(25)26)17-16-19-23-18-6-2/h21,23H,5-20H2,1-4H3. The minimum atomic E-state index is -0.891. The fourth-order valence-corrected chi connectivity index (χ4v) is 3.64. The summed E-state index contributed by atoms with van der Waals surface area (Å²) in [6, 6.07) is -0.392. The van der Waals surface area contributed by atoms with E-state index in [1.165, 1.54) is 57.8 Å². The molecule has 4 nitrogen and oxygen atoms in total. The summed E-state index contributed by atoms with van der Waals surface area (Å²) >= 11 is 0. The zero-order valence-electron chi connectivity index (χ0n) is 18.2. The van der Waals surface area contributed by atoms with E-state index in [-0.39, 0.29) is 0 Å². The molecule has 0 spiro atoms. The molecule has 0 fully saturated rings. The van der Waals surface area contributed by atoms with Gasteiger partial charge in [-0.25, -0.2) is 0 Å². The van der Waals surface area contributed by atoms with Crippen LogP contribution in [-0.2, 0) is 4.79 Å². The van der Waals surface area contributed by atoms with E-state index in [1.54, 1.807) is 0 Å². The molecular weight excluding hydrogens is 324 g/mol. The molecular formula is C22H46N2O2. The third-order valence-electron chi connectivity index (χ3n) is 5.46. The van der Waals surface area contributed by atoms with Crippen molar-refractivity contribution in [3.8, 4) is 0 Å². The molecule has 0 aromatic rings. The number of carboxylic acid groups (broad SMARTS) is 1. The largest absolute Gasteiger partial charge is 0.544 e. The zero-order valence-corrected chi connectivity index (χ0v) is 18.2. The third-order valence-corrected chi connectivity index (χ3v) is 5.46. The van der Waals surface area contributed by atoms with E-state index in [0.29, 0.717) is 10.9 Å². The van der Waals surface area contributed by atoms with Gasteiger partial charge in [0.1, 0.15) is 6.04 Å². The monoisotopic (exact) mass is 370 g/mol. The number of rotatable bonds is 19. The van der Waals surface area contributed by atoms with E-state index in [9.17, 15) is 9.90 Å². The van der Waals surface area contributed by atoms with Crippen molar-refractivity contribution in [2.24, 2.45) is 0 Å². The summed E-state index contributed by atoms with van der Waals surface area (Å²) in [6.45, 7) is 7.23. The van der Waals surface area contributed by atoms with Crippen molar-refractivity contribution in [1.82, 2.24) is 5.32 Å². The predicted octanol–water partition coefficient (Wildman–Crippen LogP) is 3.88. The first-order valence-corrected chi connectivity index (χ1v) is 11.2. The fraction of sp³-hybridized carbons (Fsp3) is 0.955. The van der Waals surface area contributed by atoms with E-state index in [0.717, 1.165) is 38.9 Å². The van der Waals surface area contributed by atoms with Crippen LogP contribution in [0.1, 0.15) is 97.3 Å². The summed E-state index contributed by atoms with van der Waals surface area (Å²) in [7, 11) is 4.10. The molecule has 26 heavy (non-hydrogen) atoms. The number of hydrogen-bond donors (Lipinski definition) is 1. The number of carboxylic acids is 1. The molecule has 0 radical (unpaired) electrons. The first-order valence-electron chi connectivity index (χ1n) is 11.2. The zero-order chi connectivity index (χ0) is 19.7. The summed E-state index contributed by atoms with van der Waals surface area (Å²) < 4.78 is 0.549. The lowest BCUT2D eigenvalue weighted by Gasteiger charge is -2.39. The molecule has 0 saturated carbocycles. The Bertz CT molecular complexity index is 332. The second-order valence-corrected chi connectivity index (χ2v) is 8.41. The Kier molecular flexibility index (Phi) is 16.2. The molecule has 0 rings (SSSR count). The van der Waals surface area contributed by atoms with Crippen molar-refractivity contribution in [1.29, 1.82) is 0 Å². The first kappa shape index (κ1) is 25.4. The van der Waals surface area contributed by atoms with Gasteiger partial charge in [0.05, 0.1) is 26.6 Å². The molecule has 0 aliphatic carbocycles. The molecule has 0 aromatic carbocycles. The number of likely N-dealkylation sites (N-methyl/N-ethyl adjacent to an activating group) is 1. The van der Waals surface area contributed by atoms with Gasteiger partial charge in [0.2, 0.25) is 0 Å². The van der Waals surface area contributed by atoms with Crippen LogP contribution in [0.25, 0.3) is 0 Å². The average Bonchev–Trinajstić information content (AvgIpc) is 2.59. The molecule has 0 aliphatic rings. The van der Waals surface area contributed by atoms with Gasteiger partial charge >= 0.3 is 0 Å². The SMILES string of the molecule is CCCCCCCCCCCC[N+](C)(C)C(CCCNCCC)C(=O)[O-]. The van der Waals surface area contributed by atoms with Crippen LogP contribution in [0.3, 0.4) is 0 Å². The highest BCUT2D eigenvalue weighted by atomic mass is 16.4. The van der Waals surface area contributed by atoms with E-state index in [2.05, 4.69) is 19.2 Å². The van der Waals surface area contributed by atoms with Crippen LogP contribution >= 0.6 is 0 Å². The Morgan fingerprint density at radius 2 is 1.35 bits per heavy atom. The van der Waals surface area contributed by atoms with Crippen molar-refractivity contribution >= 4 is 5.97 Å².